The Bertz CT molecular complexity index is 658. The lowest BCUT2D eigenvalue weighted by atomic mass is 9.72. The lowest BCUT2D eigenvalue weighted by molar-refractivity contribution is 0.115. The van der Waals surface area contributed by atoms with Crippen LogP contribution in [0.1, 0.15) is 29.2 Å². The van der Waals surface area contributed by atoms with Gasteiger partial charge in [0.15, 0.2) is 0 Å². The van der Waals surface area contributed by atoms with Crippen molar-refractivity contribution in [2.45, 2.75) is 31.7 Å². The fraction of sp³-hybridized carbons (Fsp3) is 0.529. The van der Waals surface area contributed by atoms with E-state index < -0.39 is 0 Å². The maximum absolute atomic E-state index is 5.95. The van der Waals surface area contributed by atoms with Gasteiger partial charge in [-0.3, -0.25) is 0 Å². The number of benzene rings is 1. The Hall–Kier alpha value is -1.32. The third-order valence-corrected chi connectivity index (χ3v) is 5.48. The molecule has 1 saturated heterocycles. The minimum Gasteiger partial charge on any atom is -0.358 e. The Balaban J connectivity index is 1.89. The van der Waals surface area contributed by atoms with Gasteiger partial charge in [-0.1, -0.05) is 12.1 Å². The zero-order valence-electron chi connectivity index (χ0n) is 12.3. The number of aryl methyl sites for hydroxylation is 1. The summed E-state index contributed by atoms with van der Waals surface area (Å²) in [6.07, 6.45) is 2.43. The highest BCUT2D eigenvalue weighted by molar-refractivity contribution is 5.89. The number of aromatic amines is 1. The predicted octanol–water partition coefficient (Wildman–Crippen LogP) is 2.40. The van der Waals surface area contributed by atoms with Crippen LogP contribution in [-0.4, -0.2) is 36.1 Å². The Morgan fingerprint density at radius 1 is 1.40 bits per heavy atom. The molecule has 4 rings (SSSR count). The number of hydrogen-bond donors (Lipinski definition) is 2. The van der Waals surface area contributed by atoms with Crippen molar-refractivity contribution >= 4 is 10.9 Å². The highest BCUT2D eigenvalue weighted by atomic mass is 15.1. The van der Waals surface area contributed by atoms with Crippen molar-refractivity contribution in [1.82, 2.24) is 9.88 Å². The lowest BCUT2D eigenvalue weighted by Gasteiger charge is -2.45. The van der Waals surface area contributed by atoms with Gasteiger partial charge in [-0.15, -0.1) is 0 Å². The van der Waals surface area contributed by atoms with Crippen molar-refractivity contribution in [3.63, 3.8) is 0 Å². The highest BCUT2D eigenvalue weighted by Crippen LogP contribution is 2.44. The first-order chi connectivity index (χ1) is 9.69. The van der Waals surface area contributed by atoms with Gasteiger partial charge in [0, 0.05) is 35.1 Å². The number of piperidine rings is 1. The van der Waals surface area contributed by atoms with Crippen molar-refractivity contribution in [1.29, 1.82) is 0 Å². The Kier molecular flexibility index (Phi) is 2.69. The summed E-state index contributed by atoms with van der Waals surface area (Å²) in [5.41, 5.74) is 11.7. The summed E-state index contributed by atoms with van der Waals surface area (Å²) in [6, 6.07) is 7.39. The first kappa shape index (κ1) is 12.4. The standard InChI is InChI=1S/C17H23N3/c1-10-13-7-16-14(6-11(8-18)9-20(16)2)12-4-3-5-15(19-10)17(12)13/h3-5,11,14,16,19H,6-9,18H2,1-2H3/t11?,14-,16-/m1/s1. The quantitative estimate of drug-likeness (QED) is 0.835. The Morgan fingerprint density at radius 2 is 2.25 bits per heavy atom. The van der Waals surface area contributed by atoms with E-state index in [1.807, 2.05) is 0 Å². The second kappa shape index (κ2) is 4.34. The molecule has 0 bridgehead atoms. The van der Waals surface area contributed by atoms with Crippen molar-refractivity contribution < 1.29 is 0 Å². The summed E-state index contributed by atoms with van der Waals surface area (Å²) >= 11 is 0. The van der Waals surface area contributed by atoms with Gasteiger partial charge < -0.3 is 15.6 Å². The van der Waals surface area contributed by atoms with Crippen LogP contribution in [0.25, 0.3) is 10.9 Å². The molecule has 3 atom stereocenters. The number of hydrogen-bond acceptors (Lipinski definition) is 2. The number of rotatable bonds is 1. The zero-order chi connectivity index (χ0) is 13.9. The monoisotopic (exact) mass is 269 g/mol. The molecular weight excluding hydrogens is 246 g/mol. The number of likely N-dealkylation sites (N-methyl/N-ethyl adjacent to an activating group) is 1. The van der Waals surface area contributed by atoms with Crippen LogP contribution in [0.3, 0.4) is 0 Å². The number of fused-ring (bicyclic) bond motifs is 2. The first-order valence-corrected chi connectivity index (χ1v) is 7.69. The van der Waals surface area contributed by atoms with Gasteiger partial charge in [0.05, 0.1) is 0 Å². The highest BCUT2D eigenvalue weighted by Gasteiger charge is 2.39. The molecule has 1 aliphatic carbocycles. The molecule has 3 nitrogen and oxygen atoms in total. The van der Waals surface area contributed by atoms with E-state index >= 15 is 0 Å². The van der Waals surface area contributed by atoms with E-state index in [0.29, 0.717) is 17.9 Å². The molecule has 20 heavy (non-hydrogen) atoms. The molecule has 106 valence electrons. The van der Waals surface area contributed by atoms with Crippen LogP contribution in [-0.2, 0) is 6.42 Å². The molecule has 1 unspecified atom stereocenters. The predicted molar refractivity (Wildman–Crippen MR) is 83.1 cm³/mol. The van der Waals surface area contributed by atoms with Gasteiger partial charge in [-0.2, -0.15) is 0 Å². The molecule has 0 saturated carbocycles. The van der Waals surface area contributed by atoms with Crippen molar-refractivity contribution in [3.05, 3.63) is 35.0 Å². The minimum atomic E-state index is 0.637. The van der Waals surface area contributed by atoms with Gasteiger partial charge in [0.25, 0.3) is 0 Å². The van der Waals surface area contributed by atoms with Gasteiger partial charge in [-0.25, -0.2) is 0 Å². The summed E-state index contributed by atoms with van der Waals surface area (Å²) in [6.45, 7) is 4.17. The van der Waals surface area contributed by atoms with Crippen LogP contribution in [0.5, 0.6) is 0 Å². The van der Waals surface area contributed by atoms with Crippen LogP contribution in [0.2, 0.25) is 0 Å². The molecule has 1 fully saturated rings. The Morgan fingerprint density at radius 3 is 3.05 bits per heavy atom. The van der Waals surface area contributed by atoms with Gasteiger partial charge in [-0.05, 0) is 56.5 Å². The molecule has 0 amide bonds. The topological polar surface area (TPSA) is 45.1 Å². The fourth-order valence-corrected chi connectivity index (χ4v) is 4.49. The number of nitrogens with one attached hydrogen (secondary N) is 1. The van der Waals surface area contributed by atoms with Crippen molar-refractivity contribution in [2.24, 2.45) is 11.7 Å². The summed E-state index contributed by atoms with van der Waals surface area (Å²) < 4.78 is 0. The summed E-state index contributed by atoms with van der Waals surface area (Å²) in [5, 5.41) is 1.50. The molecule has 0 radical (unpaired) electrons. The van der Waals surface area contributed by atoms with E-state index in [0.717, 1.165) is 13.1 Å². The van der Waals surface area contributed by atoms with Gasteiger partial charge in [0.1, 0.15) is 0 Å². The number of aromatic nitrogens is 1. The van der Waals surface area contributed by atoms with E-state index in [-0.39, 0.29) is 0 Å². The van der Waals surface area contributed by atoms with Crippen LogP contribution >= 0.6 is 0 Å². The molecule has 2 aromatic rings. The van der Waals surface area contributed by atoms with E-state index in [9.17, 15) is 0 Å². The van der Waals surface area contributed by atoms with Crippen LogP contribution < -0.4 is 5.73 Å². The molecule has 2 heterocycles. The molecule has 3 heteroatoms. The van der Waals surface area contributed by atoms with E-state index in [1.54, 1.807) is 5.56 Å². The zero-order valence-corrected chi connectivity index (χ0v) is 12.3. The van der Waals surface area contributed by atoms with Gasteiger partial charge >= 0.3 is 0 Å². The molecule has 1 aromatic heterocycles. The third-order valence-electron chi connectivity index (χ3n) is 5.48. The second-order valence-electron chi connectivity index (χ2n) is 6.65. The largest absolute Gasteiger partial charge is 0.358 e. The van der Waals surface area contributed by atoms with E-state index in [2.05, 4.69) is 42.1 Å². The van der Waals surface area contributed by atoms with E-state index in [4.69, 9.17) is 5.73 Å². The molecule has 2 aliphatic rings. The molecule has 3 N–H and O–H groups in total. The summed E-state index contributed by atoms with van der Waals surface area (Å²) in [5.74, 6) is 1.28. The molecule has 1 aliphatic heterocycles. The smallest absolute Gasteiger partial charge is 0.0461 e. The normalized spacial score (nSPS) is 29.6. The summed E-state index contributed by atoms with van der Waals surface area (Å²) in [7, 11) is 2.27. The van der Waals surface area contributed by atoms with Crippen LogP contribution in [0.15, 0.2) is 18.2 Å². The number of H-pyrrole nitrogens is 1. The molecule has 0 spiro atoms. The first-order valence-electron chi connectivity index (χ1n) is 7.69. The number of nitrogens with two attached hydrogens (primary N) is 1. The third kappa shape index (κ3) is 1.60. The molecular formula is C17H23N3. The Labute approximate surface area is 120 Å². The SMILES string of the molecule is Cc1[nH]c2cccc3c2c1C[C@@H]1[C@@H]3CC(CN)CN1C. The molecule has 1 aromatic carbocycles. The number of likely N-dealkylation sites (tertiary alicyclic amines) is 1. The van der Waals surface area contributed by atoms with E-state index in [1.165, 1.54) is 35.0 Å². The lowest BCUT2D eigenvalue weighted by Crippen LogP contribution is -2.49. The maximum atomic E-state index is 5.95. The average Bonchev–Trinajstić information content (AvgIpc) is 2.77. The second-order valence-corrected chi connectivity index (χ2v) is 6.65. The van der Waals surface area contributed by atoms with Gasteiger partial charge in [0.2, 0.25) is 0 Å². The number of nitrogens with zero attached hydrogens (tertiary/aromatic N) is 1. The van der Waals surface area contributed by atoms with Crippen molar-refractivity contribution in [2.75, 3.05) is 20.1 Å². The van der Waals surface area contributed by atoms with Crippen LogP contribution in [0, 0.1) is 12.8 Å². The van der Waals surface area contributed by atoms with Crippen molar-refractivity contribution in [3.8, 4) is 0 Å². The summed E-state index contributed by atoms with van der Waals surface area (Å²) in [4.78, 5) is 6.11. The minimum absolute atomic E-state index is 0.637. The fourth-order valence-electron chi connectivity index (χ4n) is 4.49. The average molecular weight is 269 g/mol. The van der Waals surface area contributed by atoms with Crippen LogP contribution in [0.4, 0.5) is 0 Å². The maximum Gasteiger partial charge on any atom is 0.0461 e.